The highest BCUT2D eigenvalue weighted by Gasteiger charge is 2.13. The van der Waals surface area contributed by atoms with Crippen molar-refractivity contribution < 1.29 is 13.5 Å². The topological polar surface area (TPSA) is 21.3 Å². The first kappa shape index (κ1) is 13.2. The van der Waals surface area contributed by atoms with Crippen LogP contribution in [0.3, 0.4) is 0 Å². The molecule has 1 aromatic rings. The largest absolute Gasteiger partial charge is 0.497 e. The Morgan fingerprint density at radius 2 is 2.22 bits per heavy atom. The van der Waals surface area contributed by atoms with Gasteiger partial charge in [-0.2, -0.15) is 8.78 Å². The van der Waals surface area contributed by atoms with Crippen molar-refractivity contribution in [3.8, 4) is 0 Å². The van der Waals surface area contributed by atoms with Crippen LogP contribution in [0.15, 0.2) is 41.5 Å². The lowest BCUT2D eigenvalue weighted by atomic mass is 10.1. The summed E-state index contributed by atoms with van der Waals surface area (Å²) >= 11 is 0.561. The molecular formula is C13H15F2NOS. The van der Waals surface area contributed by atoms with E-state index >= 15 is 0 Å². The fraction of sp³-hybridized carbons (Fsp3) is 0.385. The molecule has 0 bridgehead atoms. The lowest BCUT2D eigenvalue weighted by molar-refractivity contribution is 0.135. The van der Waals surface area contributed by atoms with Crippen LogP contribution in [0.25, 0.3) is 0 Å². The molecule has 2 nitrogen and oxygen atoms in total. The number of para-hydroxylation sites is 1. The van der Waals surface area contributed by atoms with E-state index < -0.39 is 5.76 Å². The van der Waals surface area contributed by atoms with Crippen molar-refractivity contribution in [2.24, 2.45) is 0 Å². The minimum atomic E-state index is -2.40. The van der Waals surface area contributed by atoms with E-state index in [9.17, 15) is 8.78 Å². The van der Waals surface area contributed by atoms with Crippen LogP contribution in [-0.4, -0.2) is 18.4 Å². The lowest BCUT2D eigenvalue weighted by Crippen LogP contribution is -2.23. The Morgan fingerprint density at radius 1 is 1.39 bits per heavy atom. The van der Waals surface area contributed by atoms with E-state index in [0.29, 0.717) is 23.2 Å². The van der Waals surface area contributed by atoms with Crippen LogP contribution in [0.2, 0.25) is 0 Å². The van der Waals surface area contributed by atoms with Gasteiger partial charge in [-0.3, -0.25) is 0 Å². The van der Waals surface area contributed by atoms with E-state index in [2.05, 4.69) is 5.32 Å². The number of ether oxygens (including phenoxy) is 1. The summed E-state index contributed by atoms with van der Waals surface area (Å²) in [5, 5.41) is 3.18. The average molecular weight is 271 g/mol. The van der Waals surface area contributed by atoms with Crippen molar-refractivity contribution in [2.75, 3.05) is 11.9 Å². The van der Waals surface area contributed by atoms with Crippen LogP contribution in [-0.2, 0) is 4.74 Å². The molecule has 5 heteroatoms. The summed E-state index contributed by atoms with van der Waals surface area (Å²) in [4.78, 5) is 0.568. The number of hydrogen-bond donors (Lipinski definition) is 1. The third-order valence-electron chi connectivity index (χ3n) is 2.65. The van der Waals surface area contributed by atoms with Gasteiger partial charge in [0.25, 0.3) is 5.76 Å². The van der Waals surface area contributed by atoms with Crippen LogP contribution in [0.4, 0.5) is 14.5 Å². The molecule has 1 heterocycles. The first-order valence-electron chi connectivity index (χ1n) is 5.84. The normalized spacial score (nSPS) is 18.7. The zero-order valence-corrected chi connectivity index (χ0v) is 10.6. The van der Waals surface area contributed by atoms with Crippen molar-refractivity contribution in [1.82, 2.24) is 0 Å². The fourth-order valence-corrected chi connectivity index (χ4v) is 2.39. The number of allylic oxidation sites excluding steroid dienone is 1. The van der Waals surface area contributed by atoms with Gasteiger partial charge in [-0.15, -0.1) is 0 Å². The zero-order chi connectivity index (χ0) is 12.8. The summed E-state index contributed by atoms with van der Waals surface area (Å²) in [6.07, 6.45) is 5.75. The van der Waals surface area contributed by atoms with Gasteiger partial charge in [0.15, 0.2) is 0 Å². The summed E-state index contributed by atoms with van der Waals surface area (Å²) in [7, 11) is 0. The van der Waals surface area contributed by atoms with Gasteiger partial charge in [0.2, 0.25) is 0 Å². The highest BCUT2D eigenvalue weighted by molar-refractivity contribution is 7.99. The fourth-order valence-electron chi connectivity index (χ4n) is 1.77. The molecule has 0 spiro atoms. The number of anilines is 1. The summed E-state index contributed by atoms with van der Waals surface area (Å²) in [6, 6.07) is 7.10. The first-order chi connectivity index (χ1) is 8.75. The second kappa shape index (κ2) is 6.64. The van der Waals surface area contributed by atoms with Crippen LogP contribution in [0.5, 0.6) is 0 Å². The number of alkyl halides is 2. The Labute approximate surface area is 109 Å². The number of hydrogen-bond acceptors (Lipinski definition) is 3. The summed E-state index contributed by atoms with van der Waals surface area (Å²) < 4.78 is 30.2. The van der Waals surface area contributed by atoms with Gasteiger partial charge in [-0.25, -0.2) is 0 Å². The van der Waals surface area contributed by atoms with Gasteiger partial charge in [0.1, 0.15) is 6.10 Å². The number of benzene rings is 1. The predicted molar refractivity (Wildman–Crippen MR) is 70.0 cm³/mol. The molecular weight excluding hydrogens is 256 g/mol. The van der Waals surface area contributed by atoms with Crippen molar-refractivity contribution in [2.45, 2.75) is 29.6 Å². The van der Waals surface area contributed by atoms with Gasteiger partial charge in [-0.05, 0) is 31.1 Å². The molecule has 0 aromatic heterocycles. The second-order valence-corrected chi connectivity index (χ2v) is 4.99. The Kier molecular flexibility index (Phi) is 4.87. The molecule has 0 amide bonds. The van der Waals surface area contributed by atoms with Crippen LogP contribution in [0.1, 0.15) is 12.8 Å². The van der Waals surface area contributed by atoms with E-state index in [4.69, 9.17) is 4.74 Å². The molecule has 0 saturated carbocycles. The van der Waals surface area contributed by atoms with Gasteiger partial charge in [-0.1, -0.05) is 23.9 Å². The molecule has 1 aliphatic rings. The molecule has 1 atom stereocenters. The molecule has 0 radical (unpaired) electrons. The Bertz CT molecular complexity index is 412. The minimum Gasteiger partial charge on any atom is -0.497 e. The molecule has 1 aliphatic heterocycles. The van der Waals surface area contributed by atoms with Gasteiger partial charge < -0.3 is 10.1 Å². The van der Waals surface area contributed by atoms with Gasteiger partial charge in [0.05, 0.1) is 12.8 Å². The van der Waals surface area contributed by atoms with Crippen LogP contribution < -0.4 is 5.32 Å². The maximum absolute atomic E-state index is 12.4. The van der Waals surface area contributed by atoms with Crippen LogP contribution in [0, 0.1) is 0 Å². The van der Waals surface area contributed by atoms with Crippen molar-refractivity contribution in [1.29, 1.82) is 0 Å². The average Bonchev–Trinajstić information content (AvgIpc) is 2.38. The molecule has 0 aliphatic carbocycles. The molecule has 1 unspecified atom stereocenters. The van der Waals surface area contributed by atoms with Crippen molar-refractivity contribution in [3.05, 3.63) is 36.6 Å². The number of halogens is 2. The van der Waals surface area contributed by atoms with Crippen molar-refractivity contribution >= 4 is 17.4 Å². The van der Waals surface area contributed by atoms with Crippen molar-refractivity contribution in [3.63, 3.8) is 0 Å². The molecule has 98 valence electrons. The number of rotatable bonds is 5. The molecule has 1 N–H and O–H groups in total. The maximum Gasteiger partial charge on any atom is 0.288 e. The first-order valence-corrected chi connectivity index (χ1v) is 6.72. The van der Waals surface area contributed by atoms with Crippen LogP contribution >= 0.6 is 11.8 Å². The molecule has 2 rings (SSSR count). The zero-order valence-electron chi connectivity index (χ0n) is 9.81. The SMILES string of the molecule is FC(F)Sc1ccccc1NCC1CCC=CO1. The smallest absolute Gasteiger partial charge is 0.288 e. The summed E-state index contributed by atoms with van der Waals surface area (Å²) in [5.74, 6) is -2.40. The van der Waals surface area contributed by atoms with E-state index in [0.717, 1.165) is 18.5 Å². The highest BCUT2D eigenvalue weighted by Crippen LogP contribution is 2.31. The number of nitrogens with one attached hydrogen (secondary N) is 1. The maximum atomic E-state index is 12.4. The Balaban J connectivity index is 1.93. The van der Waals surface area contributed by atoms with Gasteiger partial charge >= 0.3 is 0 Å². The molecule has 0 fully saturated rings. The monoisotopic (exact) mass is 271 g/mol. The highest BCUT2D eigenvalue weighted by atomic mass is 32.2. The van der Waals surface area contributed by atoms with E-state index in [1.165, 1.54) is 0 Å². The molecule has 18 heavy (non-hydrogen) atoms. The lowest BCUT2D eigenvalue weighted by Gasteiger charge is -2.21. The minimum absolute atomic E-state index is 0.111. The Morgan fingerprint density at radius 3 is 2.94 bits per heavy atom. The Hall–Kier alpha value is -1.23. The standard InChI is InChI=1S/C13H15F2NOS/c14-13(15)18-12-7-2-1-6-11(12)16-9-10-5-3-4-8-17-10/h1-2,4,6-8,10,13,16H,3,5,9H2. The quantitative estimate of drug-likeness (QED) is 0.814. The summed E-state index contributed by atoms with van der Waals surface area (Å²) in [6.45, 7) is 0.630. The number of thioether (sulfide) groups is 1. The molecule has 0 saturated heterocycles. The second-order valence-electron chi connectivity index (χ2n) is 3.96. The van der Waals surface area contributed by atoms with Gasteiger partial charge in [0, 0.05) is 10.6 Å². The van der Waals surface area contributed by atoms with E-state index in [1.54, 1.807) is 18.4 Å². The van der Waals surface area contributed by atoms with E-state index in [-0.39, 0.29) is 6.10 Å². The third-order valence-corrected chi connectivity index (χ3v) is 3.43. The third kappa shape index (κ3) is 3.91. The molecule has 1 aromatic carbocycles. The van der Waals surface area contributed by atoms with E-state index in [1.807, 2.05) is 18.2 Å². The summed E-state index contributed by atoms with van der Waals surface area (Å²) in [5.41, 5.74) is 0.737. The predicted octanol–water partition coefficient (Wildman–Crippen LogP) is 4.11.